The molecule has 1 N–H and O–H groups in total. The highest BCUT2D eigenvalue weighted by Crippen LogP contribution is 2.31. The highest BCUT2D eigenvalue weighted by Gasteiger charge is 2.25. The van der Waals surface area contributed by atoms with E-state index in [-0.39, 0.29) is 5.41 Å². The van der Waals surface area contributed by atoms with E-state index in [1.807, 2.05) is 18.7 Å². The van der Waals surface area contributed by atoms with Gasteiger partial charge in [0, 0.05) is 13.1 Å². The van der Waals surface area contributed by atoms with Crippen molar-refractivity contribution >= 4 is 11.6 Å². The average Bonchev–Trinajstić information content (AvgIpc) is 2.52. The van der Waals surface area contributed by atoms with Gasteiger partial charge in [-0.25, -0.2) is 0 Å². The largest absolute Gasteiger partial charge is 0.314 e. The molecular formula is C15H28ClN3. The first-order valence-electron chi connectivity index (χ1n) is 7.18. The minimum absolute atomic E-state index is 0.212. The zero-order chi connectivity index (χ0) is 14.6. The lowest BCUT2D eigenvalue weighted by Crippen LogP contribution is -2.33. The minimum Gasteiger partial charge on any atom is -0.314 e. The Morgan fingerprint density at radius 2 is 2.05 bits per heavy atom. The van der Waals surface area contributed by atoms with Crippen molar-refractivity contribution in [3.63, 3.8) is 0 Å². The van der Waals surface area contributed by atoms with E-state index in [0.717, 1.165) is 35.8 Å². The van der Waals surface area contributed by atoms with Crippen LogP contribution in [-0.2, 0) is 13.5 Å². The maximum Gasteiger partial charge on any atom is 0.0847 e. The number of halogens is 1. The SMILES string of the molecule is CCCNC(C)CC(C)(C)Cc1c(Cl)c(C)nn1C. The predicted molar refractivity (Wildman–Crippen MR) is 82.8 cm³/mol. The topological polar surface area (TPSA) is 29.9 Å². The summed E-state index contributed by atoms with van der Waals surface area (Å²) in [5, 5.41) is 8.77. The van der Waals surface area contributed by atoms with Gasteiger partial charge in [0.15, 0.2) is 0 Å². The fourth-order valence-corrected chi connectivity index (χ4v) is 2.92. The molecule has 0 saturated heterocycles. The van der Waals surface area contributed by atoms with E-state index in [1.54, 1.807) is 0 Å². The van der Waals surface area contributed by atoms with E-state index < -0.39 is 0 Å². The molecule has 1 atom stereocenters. The van der Waals surface area contributed by atoms with Crippen LogP contribution in [0, 0.1) is 12.3 Å². The van der Waals surface area contributed by atoms with E-state index in [0.29, 0.717) is 6.04 Å². The number of rotatable bonds is 7. The number of aromatic nitrogens is 2. The van der Waals surface area contributed by atoms with Crippen LogP contribution in [0.5, 0.6) is 0 Å². The van der Waals surface area contributed by atoms with Gasteiger partial charge in [-0.05, 0) is 45.1 Å². The third kappa shape index (κ3) is 4.81. The molecular weight excluding hydrogens is 258 g/mol. The Balaban J connectivity index is 2.68. The van der Waals surface area contributed by atoms with Crippen molar-refractivity contribution in [3.05, 3.63) is 16.4 Å². The van der Waals surface area contributed by atoms with Crippen LogP contribution in [0.25, 0.3) is 0 Å². The van der Waals surface area contributed by atoms with Crippen molar-refractivity contribution in [3.8, 4) is 0 Å². The van der Waals surface area contributed by atoms with Crippen molar-refractivity contribution in [1.82, 2.24) is 15.1 Å². The fourth-order valence-electron chi connectivity index (χ4n) is 2.69. The molecule has 0 spiro atoms. The van der Waals surface area contributed by atoms with Crippen molar-refractivity contribution < 1.29 is 0 Å². The van der Waals surface area contributed by atoms with Crippen LogP contribution in [0.15, 0.2) is 0 Å². The van der Waals surface area contributed by atoms with Crippen LogP contribution < -0.4 is 5.32 Å². The summed E-state index contributed by atoms with van der Waals surface area (Å²) in [6.07, 6.45) is 3.27. The van der Waals surface area contributed by atoms with Gasteiger partial charge in [-0.2, -0.15) is 5.10 Å². The molecule has 0 aliphatic carbocycles. The Labute approximate surface area is 122 Å². The van der Waals surface area contributed by atoms with Gasteiger partial charge >= 0.3 is 0 Å². The second kappa shape index (κ2) is 6.76. The minimum atomic E-state index is 0.212. The zero-order valence-corrected chi connectivity index (χ0v) is 13.9. The van der Waals surface area contributed by atoms with Gasteiger partial charge in [0.25, 0.3) is 0 Å². The van der Waals surface area contributed by atoms with Crippen molar-refractivity contribution in [1.29, 1.82) is 0 Å². The molecule has 3 nitrogen and oxygen atoms in total. The third-order valence-electron chi connectivity index (χ3n) is 3.51. The molecule has 1 aromatic heterocycles. The molecule has 1 unspecified atom stereocenters. The van der Waals surface area contributed by atoms with Gasteiger partial charge in [-0.1, -0.05) is 32.4 Å². The van der Waals surface area contributed by atoms with E-state index in [1.165, 1.54) is 6.42 Å². The van der Waals surface area contributed by atoms with E-state index in [9.17, 15) is 0 Å². The molecule has 0 saturated carbocycles. The molecule has 0 amide bonds. The molecule has 1 aromatic rings. The predicted octanol–water partition coefficient (Wildman–Crippen LogP) is 3.73. The first-order chi connectivity index (χ1) is 8.76. The Hall–Kier alpha value is -0.540. The lowest BCUT2D eigenvalue weighted by atomic mass is 9.81. The summed E-state index contributed by atoms with van der Waals surface area (Å²) in [5.74, 6) is 0. The van der Waals surface area contributed by atoms with Gasteiger partial charge in [0.05, 0.1) is 16.4 Å². The highest BCUT2D eigenvalue weighted by atomic mass is 35.5. The smallest absolute Gasteiger partial charge is 0.0847 e. The molecule has 0 radical (unpaired) electrons. The third-order valence-corrected chi connectivity index (χ3v) is 4.00. The van der Waals surface area contributed by atoms with Crippen LogP contribution in [0.4, 0.5) is 0 Å². The quantitative estimate of drug-likeness (QED) is 0.827. The summed E-state index contributed by atoms with van der Waals surface area (Å²) in [6.45, 7) is 12.1. The zero-order valence-electron chi connectivity index (χ0n) is 13.2. The van der Waals surface area contributed by atoms with Gasteiger partial charge in [-0.15, -0.1) is 0 Å². The number of nitrogens with zero attached hydrogens (tertiary/aromatic N) is 2. The van der Waals surface area contributed by atoms with Crippen LogP contribution in [0.3, 0.4) is 0 Å². The van der Waals surface area contributed by atoms with Gasteiger partial charge in [-0.3, -0.25) is 4.68 Å². The molecule has 1 rings (SSSR count). The summed E-state index contributed by atoms with van der Waals surface area (Å²) in [7, 11) is 1.98. The molecule has 110 valence electrons. The molecule has 0 bridgehead atoms. The second-order valence-corrected chi connectivity index (χ2v) is 6.75. The standard InChI is InChI=1S/C15H28ClN3/c1-7-8-17-11(2)9-15(4,5)10-13-14(16)12(3)18-19(13)6/h11,17H,7-10H2,1-6H3. The lowest BCUT2D eigenvalue weighted by Gasteiger charge is -2.28. The number of nitrogens with one attached hydrogen (secondary N) is 1. The van der Waals surface area contributed by atoms with Crippen LogP contribution >= 0.6 is 11.6 Å². The summed E-state index contributed by atoms with van der Waals surface area (Å²) >= 11 is 6.34. The highest BCUT2D eigenvalue weighted by molar-refractivity contribution is 6.31. The van der Waals surface area contributed by atoms with Crippen LogP contribution in [0.2, 0.25) is 5.02 Å². The van der Waals surface area contributed by atoms with Crippen molar-refractivity contribution in [2.45, 2.75) is 59.9 Å². The lowest BCUT2D eigenvalue weighted by molar-refractivity contribution is 0.281. The summed E-state index contributed by atoms with van der Waals surface area (Å²) < 4.78 is 1.92. The molecule has 0 aliphatic rings. The maximum atomic E-state index is 6.34. The van der Waals surface area contributed by atoms with Crippen molar-refractivity contribution in [2.75, 3.05) is 6.54 Å². The Morgan fingerprint density at radius 1 is 1.42 bits per heavy atom. The van der Waals surface area contributed by atoms with Crippen LogP contribution in [0.1, 0.15) is 51.9 Å². The van der Waals surface area contributed by atoms with Crippen LogP contribution in [-0.4, -0.2) is 22.4 Å². The molecule has 0 fully saturated rings. The van der Waals surface area contributed by atoms with Gasteiger partial charge < -0.3 is 5.32 Å². The maximum absolute atomic E-state index is 6.34. The Bertz CT molecular complexity index is 410. The molecule has 4 heteroatoms. The number of aryl methyl sites for hydroxylation is 2. The van der Waals surface area contributed by atoms with Gasteiger partial charge in [0.1, 0.15) is 0 Å². The monoisotopic (exact) mass is 285 g/mol. The first-order valence-corrected chi connectivity index (χ1v) is 7.56. The summed E-state index contributed by atoms with van der Waals surface area (Å²) in [4.78, 5) is 0. The Morgan fingerprint density at radius 3 is 2.53 bits per heavy atom. The van der Waals surface area contributed by atoms with Gasteiger partial charge in [0.2, 0.25) is 0 Å². The second-order valence-electron chi connectivity index (χ2n) is 6.37. The molecule has 19 heavy (non-hydrogen) atoms. The molecule has 1 heterocycles. The first kappa shape index (κ1) is 16.5. The number of hydrogen-bond acceptors (Lipinski definition) is 2. The normalized spacial score (nSPS) is 13.8. The van der Waals surface area contributed by atoms with E-state index in [4.69, 9.17) is 11.6 Å². The van der Waals surface area contributed by atoms with E-state index in [2.05, 4.69) is 38.1 Å². The fraction of sp³-hybridized carbons (Fsp3) is 0.800. The number of hydrogen-bond donors (Lipinski definition) is 1. The van der Waals surface area contributed by atoms with E-state index >= 15 is 0 Å². The Kier molecular flexibility index (Phi) is 5.87. The summed E-state index contributed by atoms with van der Waals surface area (Å²) in [6, 6.07) is 0.531. The summed E-state index contributed by atoms with van der Waals surface area (Å²) in [5.41, 5.74) is 2.28. The van der Waals surface area contributed by atoms with Crippen molar-refractivity contribution in [2.24, 2.45) is 12.5 Å². The molecule has 0 aromatic carbocycles. The average molecular weight is 286 g/mol. The molecule has 0 aliphatic heterocycles.